The van der Waals surface area contributed by atoms with E-state index < -0.39 is 11.9 Å². The van der Waals surface area contributed by atoms with Crippen molar-refractivity contribution in [2.24, 2.45) is 0 Å². The van der Waals surface area contributed by atoms with Gasteiger partial charge in [0.25, 0.3) is 5.91 Å². The molecule has 0 heterocycles. The highest BCUT2D eigenvalue weighted by atomic mass is 16.5. The number of amides is 1. The lowest BCUT2D eigenvalue weighted by Crippen LogP contribution is -2.26. The van der Waals surface area contributed by atoms with E-state index in [0.717, 1.165) is 0 Å². The molecule has 0 radical (unpaired) electrons. The van der Waals surface area contributed by atoms with Crippen LogP contribution in [0.1, 0.15) is 26.2 Å². The maximum atomic E-state index is 11.3. The van der Waals surface area contributed by atoms with Crippen molar-refractivity contribution in [1.29, 1.82) is 0 Å². The third kappa shape index (κ3) is 21.8. The summed E-state index contributed by atoms with van der Waals surface area (Å²) in [5, 5.41) is 10.8. The van der Waals surface area contributed by atoms with Crippen molar-refractivity contribution < 1.29 is 38.6 Å². The van der Waals surface area contributed by atoms with Crippen LogP contribution >= 0.6 is 0 Å². The molecule has 0 rings (SSSR count). The van der Waals surface area contributed by atoms with Gasteiger partial charge in [-0.05, 0) is 19.3 Å². The Kier molecular flexibility index (Phi) is 18.3. The molecule has 24 heavy (non-hydrogen) atoms. The van der Waals surface area contributed by atoms with Gasteiger partial charge in [-0.2, -0.15) is 9.59 Å². The first kappa shape index (κ1) is 23.7. The zero-order valence-electron chi connectivity index (χ0n) is 13.5. The maximum absolute atomic E-state index is 11.3. The van der Waals surface area contributed by atoms with Gasteiger partial charge in [-0.1, -0.05) is 0 Å². The Hall–Kier alpha value is -2.53. The molecule has 1 amide bonds. The van der Waals surface area contributed by atoms with Gasteiger partial charge >= 0.3 is 12.1 Å². The van der Waals surface area contributed by atoms with Crippen LogP contribution in [0.15, 0.2) is 0 Å². The van der Waals surface area contributed by atoms with Crippen molar-refractivity contribution in [1.82, 2.24) is 5.32 Å². The van der Waals surface area contributed by atoms with E-state index in [1.54, 1.807) is 0 Å². The van der Waals surface area contributed by atoms with Crippen LogP contribution in [0.2, 0.25) is 0 Å². The Labute approximate surface area is 139 Å². The van der Waals surface area contributed by atoms with Gasteiger partial charge in [-0.3, -0.25) is 14.4 Å². The first-order chi connectivity index (χ1) is 11.5. The van der Waals surface area contributed by atoms with Crippen LogP contribution in [-0.4, -0.2) is 61.9 Å². The van der Waals surface area contributed by atoms with Crippen molar-refractivity contribution in [2.45, 2.75) is 26.2 Å². The molecule has 0 aliphatic carbocycles. The first-order valence-corrected chi connectivity index (χ1v) is 7.17. The van der Waals surface area contributed by atoms with Crippen molar-refractivity contribution in [3.05, 3.63) is 0 Å². The van der Waals surface area contributed by atoms with E-state index in [0.29, 0.717) is 19.6 Å². The van der Waals surface area contributed by atoms with E-state index >= 15 is 0 Å². The monoisotopic (exact) mass is 343 g/mol. The highest BCUT2D eigenvalue weighted by Crippen LogP contribution is 1.91. The van der Waals surface area contributed by atoms with E-state index in [4.69, 9.17) is 24.2 Å². The summed E-state index contributed by atoms with van der Waals surface area (Å²) >= 11 is 0. The SMILES string of the molecule is CCOCCCC(=O)C#CC(=O)NCCOCCC(=O)O.O=C=O. The molecule has 9 nitrogen and oxygen atoms in total. The van der Waals surface area contributed by atoms with Gasteiger partial charge in [0.05, 0.1) is 19.6 Å². The number of carboxylic acids is 1. The molecule has 0 aliphatic rings. The van der Waals surface area contributed by atoms with Crippen molar-refractivity contribution in [3.63, 3.8) is 0 Å². The first-order valence-electron chi connectivity index (χ1n) is 7.17. The molecular weight excluding hydrogens is 322 g/mol. The second-order valence-corrected chi connectivity index (χ2v) is 4.07. The van der Waals surface area contributed by atoms with E-state index in [1.807, 2.05) is 6.92 Å². The number of Topliss-reactive ketones (excluding diaryl/α,β-unsaturated/α-hetero) is 1. The minimum Gasteiger partial charge on any atom is -0.481 e. The zero-order chi connectivity index (χ0) is 18.6. The number of rotatable bonds is 11. The summed E-state index contributed by atoms with van der Waals surface area (Å²) in [4.78, 5) is 49.0. The zero-order valence-corrected chi connectivity index (χ0v) is 13.5. The lowest BCUT2D eigenvalue weighted by atomic mass is 10.2. The fraction of sp³-hybridized carbons (Fsp3) is 0.600. The Morgan fingerprint density at radius 3 is 2.25 bits per heavy atom. The summed E-state index contributed by atoms with van der Waals surface area (Å²) in [7, 11) is 0. The number of carbonyl (C=O) groups is 3. The smallest absolute Gasteiger partial charge is 0.373 e. The van der Waals surface area contributed by atoms with Gasteiger partial charge in [0.2, 0.25) is 5.78 Å². The number of carbonyl (C=O) groups excluding carboxylic acids is 4. The van der Waals surface area contributed by atoms with Gasteiger partial charge < -0.3 is 19.9 Å². The summed E-state index contributed by atoms with van der Waals surface area (Å²) < 4.78 is 10.1. The molecule has 9 heteroatoms. The second-order valence-electron chi connectivity index (χ2n) is 4.07. The van der Waals surface area contributed by atoms with Gasteiger partial charge in [0.15, 0.2) is 0 Å². The molecule has 0 fully saturated rings. The molecule has 0 bridgehead atoms. The molecule has 0 aromatic heterocycles. The van der Waals surface area contributed by atoms with Crippen LogP contribution < -0.4 is 5.32 Å². The quantitative estimate of drug-likeness (QED) is 0.288. The predicted octanol–water partition coefficient (Wildman–Crippen LogP) is -0.600. The van der Waals surface area contributed by atoms with Gasteiger partial charge in [0.1, 0.15) is 0 Å². The van der Waals surface area contributed by atoms with Crippen LogP contribution in [-0.2, 0) is 33.4 Å². The van der Waals surface area contributed by atoms with Crippen molar-refractivity contribution in [3.8, 4) is 11.8 Å². The fourth-order valence-electron chi connectivity index (χ4n) is 1.21. The molecule has 0 spiro atoms. The Morgan fingerprint density at radius 1 is 1.00 bits per heavy atom. The number of carboxylic acid groups (broad SMARTS) is 1. The summed E-state index contributed by atoms with van der Waals surface area (Å²) in [5.74, 6) is 2.64. The van der Waals surface area contributed by atoms with Crippen molar-refractivity contribution in [2.75, 3.05) is 33.0 Å². The molecule has 2 N–H and O–H groups in total. The molecule has 0 aromatic carbocycles. The van der Waals surface area contributed by atoms with E-state index in [1.165, 1.54) is 0 Å². The van der Waals surface area contributed by atoms with E-state index in [9.17, 15) is 14.4 Å². The number of ether oxygens (including phenoxy) is 2. The molecule has 0 saturated heterocycles. The number of nitrogens with one attached hydrogen (secondary N) is 1. The highest BCUT2D eigenvalue weighted by Gasteiger charge is 2.00. The average Bonchev–Trinajstić information content (AvgIpc) is 2.53. The van der Waals surface area contributed by atoms with Crippen LogP contribution in [0.4, 0.5) is 0 Å². The highest BCUT2D eigenvalue weighted by molar-refractivity contribution is 6.03. The minimum atomic E-state index is -0.937. The van der Waals surface area contributed by atoms with Crippen molar-refractivity contribution >= 4 is 23.8 Å². The topological polar surface area (TPSA) is 136 Å². The summed E-state index contributed by atoms with van der Waals surface area (Å²) in [5.41, 5.74) is 0. The molecule has 0 atom stereocenters. The maximum Gasteiger partial charge on any atom is 0.373 e. The third-order valence-corrected chi connectivity index (χ3v) is 2.20. The summed E-state index contributed by atoms with van der Waals surface area (Å²) in [6.07, 6.45) is 1.02. The predicted molar refractivity (Wildman–Crippen MR) is 79.6 cm³/mol. The minimum absolute atomic E-state index is 0.0794. The second kappa shape index (κ2) is 18.5. The molecule has 0 aromatic rings. The largest absolute Gasteiger partial charge is 0.481 e. The lowest BCUT2D eigenvalue weighted by Gasteiger charge is -2.02. The third-order valence-electron chi connectivity index (χ3n) is 2.20. The van der Waals surface area contributed by atoms with Crippen LogP contribution in [0, 0.1) is 11.8 Å². The molecule has 0 aliphatic heterocycles. The van der Waals surface area contributed by atoms with Gasteiger partial charge in [-0.15, -0.1) is 0 Å². The van der Waals surface area contributed by atoms with Crippen LogP contribution in [0.25, 0.3) is 0 Å². The van der Waals surface area contributed by atoms with Gasteiger partial charge in [-0.25, -0.2) is 0 Å². The Morgan fingerprint density at radius 2 is 1.67 bits per heavy atom. The van der Waals surface area contributed by atoms with E-state index in [-0.39, 0.29) is 44.5 Å². The Bertz CT molecular complexity index is 472. The van der Waals surface area contributed by atoms with Crippen LogP contribution in [0.3, 0.4) is 0 Å². The lowest BCUT2D eigenvalue weighted by molar-refractivity contribution is -0.191. The molecular formula is C15H21NO8. The standard InChI is InChI=1S/C14H21NO6.CO2/c1-2-20-9-3-4-12(16)5-6-13(17)15-8-11-21-10-7-14(18)19;2-1-3/h2-4,7-11H2,1H3,(H,15,17)(H,18,19);. The normalized spacial score (nSPS) is 8.71. The summed E-state index contributed by atoms with van der Waals surface area (Å²) in [6, 6.07) is 0. The number of aliphatic carboxylic acids is 1. The molecule has 134 valence electrons. The summed E-state index contributed by atoms with van der Waals surface area (Å²) in [6.45, 7) is 3.49. The Balaban J connectivity index is 0. The van der Waals surface area contributed by atoms with Gasteiger partial charge in [0, 0.05) is 32.1 Å². The fourth-order valence-corrected chi connectivity index (χ4v) is 1.21. The number of hydrogen-bond donors (Lipinski definition) is 2. The van der Waals surface area contributed by atoms with E-state index in [2.05, 4.69) is 17.2 Å². The number of hydrogen-bond acceptors (Lipinski definition) is 7. The van der Waals surface area contributed by atoms with Crippen LogP contribution in [0.5, 0.6) is 0 Å². The molecule has 0 saturated carbocycles. The average molecular weight is 343 g/mol. The number of ketones is 1. The molecule has 0 unspecified atom stereocenters.